The Morgan fingerprint density at radius 2 is 2.05 bits per heavy atom. The Bertz CT molecular complexity index is 789. The fraction of sp³-hybridized carbons (Fsp3) is 0.250. The first-order valence-electron chi connectivity index (χ1n) is 6.20. The van der Waals surface area contributed by atoms with E-state index in [0.717, 1.165) is 6.07 Å². The van der Waals surface area contributed by atoms with Gasteiger partial charge in [-0.3, -0.25) is 9.52 Å². The van der Waals surface area contributed by atoms with Gasteiger partial charge in [0.1, 0.15) is 5.82 Å². The highest BCUT2D eigenvalue weighted by Crippen LogP contribution is 2.23. The van der Waals surface area contributed by atoms with Gasteiger partial charge >= 0.3 is 0 Å². The van der Waals surface area contributed by atoms with E-state index in [4.69, 9.17) is 0 Å². The Morgan fingerprint density at radius 3 is 2.68 bits per heavy atom. The van der Waals surface area contributed by atoms with Crippen LogP contribution in [-0.2, 0) is 14.8 Å². The molecule has 0 radical (unpaired) electrons. The highest BCUT2D eigenvalue weighted by atomic mass is 32.2. The van der Waals surface area contributed by atoms with Gasteiger partial charge in [-0.05, 0) is 18.2 Å². The van der Waals surface area contributed by atoms with E-state index < -0.39 is 15.8 Å². The fourth-order valence-electron chi connectivity index (χ4n) is 1.37. The van der Waals surface area contributed by atoms with E-state index in [1.165, 1.54) is 18.2 Å². The molecule has 2 N–H and O–H groups in total. The highest BCUT2D eigenvalue weighted by molar-refractivity contribution is 7.94. The summed E-state index contributed by atoms with van der Waals surface area (Å²) in [6.07, 6.45) is 0. The number of nitrogens with one attached hydrogen (secondary N) is 2. The van der Waals surface area contributed by atoms with Crippen molar-refractivity contribution in [3.8, 4) is 0 Å². The van der Waals surface area contributed by atoms with Crippen molar-refractivity contribution in [3.05, 3.63) is 30.1 Å². The van der Waals surface area contributed by atoms with E-state index in [0.29, 0.717) is 11.3 Å². The second-order valence-corrected chi connectivity index (χ2v) is 7.47. The zero-order valence-electron chi connectivity index (χ0n) is 11.7. The van der Waals surface area contributed by atoms with E-state index in [-0.39, 0.29) is 27.0 Å². The normalized spacial score (nSPS) is 11.5. The van der Waals surface area contributed by atoms with Crippen molar-refractivity contribution >= 4 is 38.1 Å². The molecule has 118 valence electrons. The third-order valence-electron chi connectivity index (χ3n) is 2.47. The van der Waals surface area contributed by atoms with Crippen LogP contribution in [0, 0.1) is 11.7 Å². The number of aromatic nitrogens is 2. The number of sulfonamides is 1. The minimum Gasteiger partial charge on any atom is -0.300 e. The molecule has 0 aliphatic rings. The first-order chi connectivity index (χ1) is 10.3. The third kappa shape index (κ3) is 3.98. The molecule has 2 aromatic rings. The Kier molecular flexibility index (Phi) is 4.71. The van der Waals surface area contributed by atoms with E-state index in [1.807, 2.05) is 0 Å². The van der Waals surface area contributed by atoms with E-state index in [1.54, 1.807) is 13.8 Å². The molecule has 2 rings (SSSR count). The minimum absolute atomic E-state index is 0.0722. The van der Waals surface area contributed by atoms with Gasteiger partial charge in [0, 0.05) is 5.92 Å². The van der Waals surface area contributed by atoms with Crippen molar-refractivity contribution in [2.24, 2.45) is 5.92 Å². The van der Waals surface area contributed by atoms with Crippen LogP contribution in [-0.4, -0.2) is 24.5 Å². The average Bonchev–Trinajstić information content (AvgIpc) is 2.87. The van der Waals surface area contributed by atoms with E-state index in [9.17, 15) is 17.6 Å². The molecular formula is C12H13FN4O3S2. The highest BCUT2D eigenvalue weighted by Gasteiger charge is 2.21. The lowest BCUT2D eigenvalue weighted by molar-refractivity contribution is -0.118. The standard InChI is InChI=1S/C12H13FN4O3S2/c1-7(2)10(18)14-11-15-16-12(21-11)22(19,20)17-9-5-3-4-8(13)6-9/h3-7,17H,1-2H3,(H,14,15,18). The van der Waals surface area contributed by atoms with Gasteiger partial charge in [-0.1, -0.05) is 31.3 Å². The van der Waals surface area contributed by atoms with Crippen LogP contribution in [0.4, 0.5) is 15.2 Å². The van der Waals surface area contributed by atoms with Crippen LogP contribution in [0.25, 0.3) is 0 Å². The van der Waals surface area contributed by atoms with Gasteiger partial charge in [-0.25, -0.2) is 4.39 Å². The van der Waals surface area contributed by atoms with E-state index >= 15 is 0 Å². The number of rotatable bonds is 5. The van der Waals surface area contributed by atoms with Crippen molar-refractivity contribution < 1.29 is 17.6 Å². The zero-order valence-corrected chi connectivity index (χ0v) is 13.3. The number of nitrogens with zero attached hydrogens (tertiary/aromatic N) is 2. The molecule has 0 unspecified atom stereocenters. The number of hydrogen-bond donors (Lipinski definition) is 2. The van der Waals surface area contributed by atoms with Crippen LogP contribution in [0.1, 0.15) is 13.8 Å². The summed E-state index contributed by atoms with van der Waals surface area (Å²) >= 11 is 0.711. The molecule has 0 aliphatic carbocycles. The summed E-state index contributed by atoms with van der Waals surface area (Å²) < 4.78 is 39.1. The molecule has 22 heavy (non-hydrogen) atoms. The average molecular weight is 344 g/mol. The van der Waals surface area contributed by atoms with Crippen molar-refractivity contribution in [2.45, 2.75) is 18.2 Å². The number of anilines is 2. The Morgan fingerprint density at radius 1 is 1.32 bits per heavy atom. The smallest absolute Gasteiger partial charge is 0.291 e. The van der Waals surface area contributed by atoms with Crippen LogP contribution in [0.5, 0.6) is 0 Å². The monoisotopic (exact) mass is 344 g/mol. The lowest BCUT2D eigenvalue weighted by Gasteiger charge is -2.04. The largest absolute Gasteiger partial charge is 0.300 e. The SMILES string of the molecule is CC(C)C(=O)Nc1nnc(S(=O)(=O)Nc2cccc(F)c2)s1. The quantitative estimate of drug-likeness (QED) is 0.809. The predicted octanol–water partition coefficient (Wildman–Crippen LogP) is 2.07. The van der Waals surface area contributed by atoms with Gasteiger partial charge in [0.05, 0.1) is 5.69 Å². The van der Waals surface area contributed by atoms with Gasteiger partial charge in [0.25, 0.3) is 14.4 Å². The van der Waals surface area contributed by atoms with Gasteiger partial charge in [0.2, 0.25) is 11.0 Å². The van der Waals surface area contributed by atoms with Crippen LogP contribution in [0.2, 0.25) is 0 Å². The molecule has 0 atom stereocenters. The molecular weight excluding hydrogens is 331 g/mol. The van der Waals surface area contributed by atoms with Crippen molar-refractivity contribution in [2.75, 3.05) is 10.0 Å². The maximum absolute atomic E-state index is 13.1. The van der Waals surface area contributed by atoms with E-state index in [2.05, 4.69) is 20.2 Å². The summed E-state index contributed by atoms with van der Waals surface area (Å²) in [4.78, 5) is 11.5. The van der Waals surface area contributed by atoms with Gasteiger partial charge in [-0.15, -0.1) is 10.2 Å². The van der Waals surface area contributed by atoms with Crippen molar-refractivity contribution in [1.29, 1.82) is 0 Å². The lowest BCUT2D eigenvalue weighted by Crippen LogP contribution is -2.17. The maximum atomic E-state index is 13.1. The molecule has 0 saturated carbocycles. The van der Waals surface area contributed by atoms with Crippen LogP contribution < -0.4 is 10.0 Å². The molecule has 0 aliphatic heterocycles. The summed E-state index contributed by atoms with van der Waals surface area (Å²) in [5.41, 5.74) is 0.0722. The first kappa shape index (κ1) is 16.3. The molecule has 1 amide bonds. The summed E-state index contributed by atoms with van der Waals surface area (Å²) in [5, 5.41) is 9.68. The number of benzene rings is 1. The number of halogens is 1. The Balaban J connectivity index is 2.17. The minimum atomic E-state index is -3.99. The maximum Gasteiger partial charge on any atom is 0.291 e. The van der Waals surface area contributed by atoms with Crippen LogP contribution >= 0.6 is 11.3 Å². The number of hydrogen-bond acceptors (Lipinski definition) is 6. The van der Waals surface area contributed by atoms with Crippen LogP contribution in [0.15, 0.2) is 28.6 Å². The summed E-state index contributed by atoms with van der Waals surface area (Å²) in [7, 11) is -3.99. The second-order valence-electron chi connectivity index (χ2n) is 4.63. The molecule has 0 saturated heterocycles. The number of amides is 1. The third-order valence-corrected chi connectivity index (χ3v) is 5.06. The molecule has 0 spiro atoms. The number of carbonyl (C=O) groups excluding carboxylic acids is 1. The lowest BCUT2D eigenvalue weighted by atomic mass is 10.2. The first-order valence-corrected chi connectivity index (χ1v) is 8.50. The molecule has 7 nitrogen and oxygen atoms in total. The Hall–Kier alpha value is -2.07. The zero-order chi connectivity index (χ0) is 16.3. The molecule has 0 bridgehead atoms. The molecule has 1 heterocycles. The second kappa shape index (κ2) is 6.36. The van der Waals surface area contributed by atoms with Gasteiger partial charge in [-0.2, -0.15) is 8.42 Å². The molecule has 0 fully saturated rings. The number of carbonyl (C=O) groups is 1. The summed E-state index contributed by atoms with van der Waals surface area (Å²) in [6.45, 7) is 3.39. The van der Waals surface area contributed by atoms with Gasteiger partial charge < -0.3 is 5.32 Å². The van der Waals surface area contributed by atoms with Gasteiger partial charge in [0.15, 0.2) is 0 Å². The topological polar surface area (TPSA) is 101 Å². The summed E-state index contributed by atoms with van der Waals surface area (Å²) in [5.74, 6) is -1.13. The summed E-state index contributed by atoms with van der Waals surface area (Å²) in [6, 6.07) is 5.02. The molecule has 1 aromatic carbocycles. The van der Waals surface area contributed by atoms with Crippen LogP contribution in [0.3, 0.4) is 0 Å². The van der Waals surface area contributed by atoms with Crippen molar-refractivity contribution in [3.63, 3.8) is 0 Å². The molecule has 1 aromatic heterocycles. The Labute approximate surface area is 130 Å². The predicted molar refractivity (Wildman–Crippen MR) is 80.6 cm³/mol. The molecule has 10 heteroatoms. The van der Waals surface area contributed by atoms with Crippen molar-refractivity contribution in [1.82, 2.24) is 10.2 Å². The fourth-order valence-corrected chi connectivity index (χ4v) is 3.32.